The molecular weight excluding hydrogens is 364 g/mol. The van der Waals surface area contributed by atoms with Gasteiger partial charge in [-0.25, -0.2) is 4.98 Å². The summed E-state index contributed by atoms with van der Waals surface area (Å²) in [5, 5.41) is 6.98. The minimum absolute atomic E-state index is 0.557. The molecule has 0 aromatic carbocycles. The van der Waals surface area contributed by atoms with E-state index in [4.69, 9.17) is 4.42 Å². The van der Waals surface area contributed by atoms with Crippen LogP contribution in [0.1, 0.15) is 57.9 Å². The zero-order valence-electron chi connectivity index (χ0n) is 19.6. The summed E-state index contributed by atoms with van der Waals surface area (Å²) in [5.74, 6) is 3.37. The maximum atomic E-state index is 5.73. The molecule has 2 heterocycles. The predicted octanol–water partition coefficient (Wildman–Crippen LogP) is 2.79. The number of rotatable bonds is 9. The first-order valence-electron chi connectivity index (χ1n) is 11.2. The van der Waals surface area contributed by atoms with Gasteiger partial charge >= 0.3 is 0 Å². The quantitative estimate of drug-likeness (QED) is 0.485. The van der Waals surface area contributed by atoms with Crippen molar-refractivity contribution in [3.63, 3.8) is 0 Å². The first kappa shape index (κ1) is 23.7. The summed E-state index contributed by atoms with van der Waals surface area (Å²) in [6.45, 7) is 18.9. The second-order valence-corrected chi connectivity index (χ2v) is 8.77. The largest absolute Gasteiger partial charge is 0.444 e. The summed E-state index contributed by atoms with van der Waals surface area (Å²) < 4.78 is 5.73. The minimum Gasteiger partial charge on any atom is -0.444 e. The fourth-order valence-corrected chi connectivity index (χ4v) is 4.02. The van der Waals surface area contributed by atoms with E-state index in [1.54, 1.807) is 0 Å². The van der Waals surface area contributed by atoms with Gasteiger partial charge in [0.05, 0.1) is 12.2 Å². The molecule has 29 heavy (non-hydrogen) atoms. The second-order valence-electron chi connectivity index (χ2n) is 8.77. The molecule has 7 heteroatoms. The van der Waals surface area contributed by atoms with Crippen molar-refractivity contribution in [2.75, 3.05) is 39.8 Å². The molecule has 2 rings (SSSR count). The molecule has 1 fully saturated rings. The number of aliphatic imine (C=N–C) groups is 1. The molecule has 1 aliphatic rings. The van der Waals surface area contributed by atoms with Gasteiger partial charge in [-0.2, -0.15) is 0 Å². The molecule has 0 bridgehead atoms. The van der Waals surface area contributed by atoms with Crippen LogP contribution in [0.2, 0.25) is 0 Å². The molecule has 7 nitrogen and oxygen atoms in total. The molecule has 166 valence electrons. The highest BCUT2D eigenvalue weighted by Crippen LogP contribution is 2.19. The summed E-state index contributed by atoms with van der Waals surface area (Å²) in [4.78, 5) is 13.8. The van der Waals surface area contributed by atoms with Crippen LogP contribution < -0.4 is 10.6 Å². The highest BCUT2D eigenvalue weighted by molar-refractivity contribution is 5.79. The number of aryl methyl sites for hydroxylation is 2. The van der Waals surface area contributed by atoms with E-state index < -0.39 is 0 Å². The molecule has 1 aromatic heterocycles. The van der Waals surface area contributed by atoms with Gasteiger partial charge in [0.1, 0.15) is 5.76 Å². The van der Waals surface area contributed by atoms with E-state index in [9.17, 15) is 0 Å². The van der Waals surface area contributed by atoms with Gasteiger partial charge < -0.3 is 15.1 Å². The normalized spacial score (nSPS) is 17.0. The van der Waals surface area contributed by atoms with E-state index in [1.165, 1.54) is 12.8 Å². The molecule has 0 saturated carbocycles. The summed E-state index contributed by atoms with van der Waals surface area (Å²) in [5.41, 5.74) is 1.00. The van der Waals surface area contributed by atoms with E-state index in [0.717, 1.165) is 62.6 Å². The molecule has 1 aliphatic heterocycles. The van der Waals surface area contributed by atoms with Gasteiger partial charge in [0.25, 0.3) is 0 Å². The molecule has 0 spiro atoms. The van der Waals surface area contributed by atoms with E-state index in [-0.39, 0.29) is 0 Å². The average Bonchev–Trinajstić information content (AvgIpc) is 2.98. The third-order valence-corrected chi connectivity index (χ3v) is 5.91. The number of likely N-dealkylation sites (tertiary alicyclic amines) is 1. The summed E-state index contributed by atoms with van der Waals surface area (Å²) in [7, 11) is 1.85. The smallest absolute Gasteiger partial charge is 0.208 e. The number of hydrogen-bond donors (Lipinski definition) is 2. The van der Waals surface area contributed by atoms with E-state index in [0.29, 0.717) is 18.0 Å². The lowest BCUT2D eigenvalue weighted by Crippen LogP contribution is -2.46. The molecule has 1 saturated heterocycles. The fourth-order valence-electron chi connectivity index (χ4n) is 4.02. The Bertz CT molecular complexity index is 604. The van der Waals surface area contributed by atoms with Crippen molar-refractivity contribution < 1.29 is 4.42 Å². The predicted molar refractivity (Wildman–Crippen MR) is 120 cm³/mol. The van der Waals surface area contributed by atoms with Crippen LogP contribution in [0.15, 0.2) is 9.41 Å². The second kappa shape index (κ2) is 11.6. The molecule has 0 aliphatic carbocycles. The minimum atomic E-state index is 0.557. The lowest BCUT2D eigenvalue weighted by atomic mass is 9.97. The highest BCUT2D eigenvalue weighted by atomic mass is 16.4. The lowest BCUT2D eigenvalue weighted by molar-refractivity contribution is 0.164. The number of nitrogens with zero attached hydrogens (tertiary/aromatic N) is 4. The van der Waals surface area contributed by atoms with Crippen molar-refractivity contribution in [1.82, 2.24) is 25.4 Å². The van der Waals surface area contributed by atoms with Crippen LogP contribution in [0.3, 0.4) is 0 Å². The topological polar surface area (TPSA) is 68.9 Å². The third-order valence-electron chi connectivity index (χ3n) is 5.91. The summed E-state index contributed by atoms with van der Waals surface area (Å²) >= 11 is 0. The van der Waals surface area contributed by atoms with Crippen molar-refractivity contribution in [3.05, 3.63) is 17.3 Å². The van der Waals surface area contributed by atoms with Crippen LogP contribution in [0.25, 0.3) is 0 Å². The number of oxazole rings is 1. The number of hydrogen-bond acceptors (Lipinski definition) is 5. The number of piperidine rings is 1. The first-order chi connectivity index (χ1) is 13.8. The fraction of sp³-hybridized carbons (Fsp3) is 0.818. The van der Waals surface area contributed by atoms with Crippen molar-refractivity contribution in [1.29, 1.82) is 0 Å². The Hall–Kier alpha value is -1.60. The Morgan fingerprint density at radius 2 is 1.83 bits per heavy atom. The molecule has 0 atom stereocenters. The van der Waals surface area contributed by atoms with Crippen molar-refractivity contribution in [2.24, 2.45) is 10.9 Å². The lowest BCUT2D eigenvalue weighted by Gasteiger charge is -2.32. The molecule has 0 radical (unpaired) electrons. The summed E-state index contributed by atoms with van der Waals surface area (Å²) in [6.07, 6.45) is 2.38. The molecule has 1 aromatic rings. The van der Waals surface area contributed by atoms with E-state index in [2.05, 4.69) is 58.1 Å². The van der Waals surface area contributed by atoms with Crippen LogP contribution >= 0.6 is 0 Å². The Morgan fingerprint density at radius 3 is 2.34 bits per heavy atom. The highest BCUT2D eigenvalue weighted by Gasteiger charge is 2.21. The van der Waals surface area contributed by atoms with Crippen LogP contribution in [-0.4, -0.2) is 72.6 Å². The van der Waals surface area contributed by atoms with Crippen molar-refractivity contribution in [2.45, 2.75) is 73.0 Å². The SMILES string of the molecule is CN=C(NCCN(C(C)C)C(C)C)NCC1CCN(Cc2nc(C)c(C)o2)CC1. The van der Waals surface area contributed by atoms with Crippen LogP contribution in [0, 0.1) is 19.8 Å². The van der Waals surface area contributed by atoms with E-state index in [1.807, 2.05) is 20.9 Å². The maximum Gasteiger partial charge on any atom is 0.208 e. The number of guanidine groups is 1. The first-order valence-corrected chi connectivity index (χ1v) is 11.2. The molecule has 0 unspecified atom stereocenters. The van der Waals surface area contributed by atoms with Crippen LogP contribution in [-0.2, 0) is 6.54 Å². The molecule has 2 N–H and O–H groups in total. The van der Waals surface area contributed by atoms with Gasteiger partial charge in [-0.3, -0.25) is 14.8 Å². The van der Waals surface area contributed by atoms with Crippen LogP contribution in [0.4, 0.5) is 0 Å². The third kappa shape index (κ3) is 7.63. The Labute approximate surface area is 177 Å². The Morgan fingerprint density at radius 1 is 1.17 bits per heavy atom. The van der Waals surface area contributed by atoms with Crippen LogP contribution in [0.5, 0.6) is 0 Å². The van der Waals surface area contributed by atoms with E-state index >= 15 is 0 Å². The zero-order valence-corrected chi connectivity index (χ0v) is 19.6. The Balaban J connectivity index is 1.66. The van der Waals surface area contributed by atoms with Gasteiger partial charge in [-0.15, -0.1) is 0 Å². The van der Waals surface area contributed by atoms with Gasteiger partial charge in [0.15, 0.2) is 5.96 Å². The van der Waals surface area contributed by atoms with Gasteiger partial charge in [0.2, 0.25) is 5.89 Å². The standard InChI is InChI=1S/C22H42N6O/c1-16(2)28(17(3)4)13-10-24-22(23-7)25-14-20-8-11-27(12-9-20)15-21-26-18(5)19(6)29-21/h16-17,20H,8-15H2,1-7H3,(H2,23,24,25). The van der Waals surface area contributed by atoms with Gasteiger partial charge in [0, 0.05) is 38.8 Å². The monoisotopic (exact) mass is 406 g/mol. The van der Waals surface area contributed by atoms with Crippen molar-refractivity contribution in [3.8, 4) is 0 Å². The van der Waals surface area contributed by atoms with Gasteiger partial charge in [-0.05, 0) is 73.4 Å². The maximum absolute atomic E-state index is 5.73. The number of aromatic nitrogens is 1. The molecular formula is C22H42N6O. The van der Waals surface area contributed by atoms with Crippen molar-refractivity contribution >= 4 is 5.96 Å². The Kier molecular flexibility index (Phi) is 9.43. The molecule has 0 amide bonds. The van der Waals surface area contributed by atoms with Gasteiger partial charge in [-0.1, -0.05) is 0 Å². The number of nitrogens with one attached hydrogen (secondary N) is 2. The summed E-state index contributed by atoms with van der Waals surface area (Å²) in [6, 6.07) is 1.11. The average molecular weight is 407 g/mol. The zero-order chi connectivity index (χ0) is 21.4.